The van der Waals surface area contributed by atoms with Crippen molar-refractivity contribution in [3.63, 3.8) is 0 Å². The SMILES string of the molecule is CN1CCC(C2CCCN2c2ncccn2)CC1. The maximum absolute atomic E-state index is 4.43. The predicted molar refractivity (Wildman–Crippen MR) is 72.6 cm³/mol. The average Bonchev–Trinajstić information content (AvgIpc) is 2.90. The highest BCUT2D eigenvalue weighted by Crippen LogP contribution is 2.32. The van der Waals surface area contributed by atoms with Crippen LogP contribution in [0.5, 0.6) is 0 Å². The average molecular weight is 246 g/mol. The molecule has 0 bridgehead atoms. The van der Waals surface area contributed by atoms with Gasteiger partial charge in [0.2, 0.25) is 5.95 Å². The number of anilines is 1. The van der Waals surface area contributed by atoms with Gasteiger partial charge < -0.3 is 9.80 Å². The second kappa shape index (κ2) is 5.22. The van der Waals surface area contributed by atoms with E-state index in [1.54, 1.807) is 0 Å². The number of hydrogen-bond donors (Lipinski definition) is 0. The van der Waals surface area contributed by atoms with E-state index < -0.39 is 0 Å². The Morgan fingerprint density at radius 2 is 1.78 bits per heavy atom. The molecule has 4 nitrogen and oxygen atoms in total. The van der Waals surface area contributed by atoms with Crippen LogP contribution in [0.3, 0.4) is 0 Å². The van der Waals surface area contributed by atoms with E-state index >= 15 is 0 Å². The van der Waals surface area contributed by atoms with Gasteiger partial charge in [-0.25, -0.2) is 9.97 Å². The molecule has 1 aromatic rings. The minimum Gasteiger partial charge on any atom is -0.338 e. The second-order valence-corrected chi connectivity index (χ2v) is 5.59. The zero-order valence-corrected chi connectivity index (χ0v) is 11.1. The van der Waals surface area contributed by atoms with Crippen molar-refractivity contribution in [1.82, 2.24) is 14.9 Å². The largest absolute Gasteiger partial charge is 0.338 e. The molecule has 3 rings (SSSR count). The number of nitrogens with zero attached hydrogens (tertiary/aromatic N) is 4. The Hall–Kier alpha value is -1.16. The molecular weight excluding hydrogens is 224 g/mol. The summed E-state index contributed by atoms with van der Waals surface area (Å²) in [6, 6.07) is 2.56. The lowest BCUT2D eigenvalue weighted by Gasteiger charge is -2.36. The Morgan fingerprint density at radius 3 is 2.50 bits per heavy atom. The molecule has 3 heterocycles. The van der Waals surface area contributed by atoms with E-state index in [9.17, 15) is 0 Å². The summed E-state index contributed by atoms with van der Waals surface area (Å²) >= 11 is 0. The normalized spacial score (nSPS) is 26.7. The van der Waals surface area contributed by atoms with E-state index in [1.807, 2.05) is 18.5 Å². The first kappa shape index (κ1) is 11.9. The third-order valence-corrected chi connectivity index (χ3v) is 4.42. The van der Waals surface area contributed by atoms with Crippen LogP contribution in [0, 0.1) is 5.92 Å². The number of hydrogen-bond acceptors (Lipinski definition) is 4. The maximum atomic E-state index is 4.43. The van der Waals surface area contributed by atoms with Crippen molar-refractivity contribution in [3.8, 4) is 0 Å². The summed E-state index contributed by atoms with van der Waals surface area (Å²) in [7, 11) is 2.23. The monoisotopic (exact) mass is 246 g/mol. The second-order valence-electron chi connectivity index (χ2n) is 5.59. The molecule has 0 spiro atoms. The summed E-state index contributed by atoms with van der Waals surface area (Å²) in [6.45, 7) is 3.61. The molecule has 0 aromatic carbocycles. The van der Waals surface area contributed by atoms with Crippen molar-refractivity contribution in [2.75, 3.05) is 31.6 Å². The zero-order chi connectivity index (χ0) is 12.4. The first-order valence-corrected chi connectivity index (χ1v) is 7.07. The minimum atomic E-state index is 0.668. The fourth-order valence-electron chi connectivity index (χ4n) is 3.38. The standard InChI is InChI=1S/C14H22N4/c1-17-10-5-12(6-11-17)13-4-2-9-18(13)14-15-7-3-8-16-14/h3,7-8,12-13H,2,4-6,9-11H2,1H3. The molecule has 2 aliphatic rings. The zero-order valence-electron chi connectivity index (χ0n) is 11.1. The van der Waals surface area contributed by atoms with Gasteiger partial charge in [0.1, 0.15) is 0 Å². The molecule has 1 atom stereocenters. The Kier molecular flexibility index (Phi) is 3.46. The van der Waals surface area contributed by atoms with Gasteiger partial charge in [-0.05, 0) is 57.8 Å². The molecule has 0 radical (unpaired) electrons. The van der Waals surface area contributed by atoms with Crippen LogP contribution in [0.2, 0.25) is 0 Å². The molecule has 0 N–H and O–H groups in total. The van der Waals surface area contributed by atoms with Crippen LogP contribution in [0.15, 0.2) is 18.5 Å². The van der Waals surface area contributed by atoms with Gasteiger partial charge in [-0.15, -0.1) is 0 Å². The summed E-state index contributed by atoms with van der Waals surface area (Å²) in [4.78, 5) is 13.7. The van der Waals surface area contributed by atoms with Crippen LogP contribution < -0.4 is 4.90 Å². The van der Waals surface area contributed by atoms with E-state index in [0.29, 0.717) is 6.04 Å². The Bertz CT molecular complexity index is 373. The first-order valence-electron chi connectivity index (χ1n) is 7.07. The number of aromatic nitrogens is 2. The van der Waals surface area contributed by atoms with Gasteiger partial charge in [-0.3, -0.25) is 0 Å². The van der Waals surface area contributed by atoms with E-state index in [4.69, 9.17) is 0 Å². The molecule has 1 aromatic heterocycles. The van der Waals surface area contributed by atoms with Crippen molar-refractivity contribution < 1.29 is 0 Å². The van der Waals surface area contributed by atoms with E-state index in [1.165, 1.54) is 38.8 Å². The van der Waals surface area contributed by atoms with Gasteiger partial charge in [0.25, 0.3) is 0 Å². The molecule has 98 valence electrons. The van der Waals surface area contributed by atoms with Crippen LogP contribution in [-0.2, 0) is 0 Å². The van der Waals surface area contributed by atoms with Crippen LogP contribution in [-0.4, -0.2) is 47.6 Å². The van der Waals surface area contributed by atoms with Crippen LogP contribution in [0.4, 0.5) is 5.95 Å². The molecule has 0 saturated carbocycles. The predicted octanol–water partition coefficient (Wildman–Crippen LogP) is 1.79. The molecule has 1 unspecified atom stereocenters. The van der Waals surface area contributed by atoms with Crippen molar-refractivity contribution in [3.05, 3.63) is 18.5 Å². The lowest BCUT2D eigenvalue weighted by Crippen LogP contribution is -2.42. The topological polar surface area (TPSA) is 32.3 Å². The van der Waals surface area contributed by atoms with Gasteiger partial charge in [0.15, 0.2) is 0 Å². The summed E-state index contributed by atoms with van der Waals surface area (Å²) in [5.74, 6) is 1.76. The first-order chi connectivity index (χ1) is 8.84. The van der Waals surface area contributed by atoms with E-state index in [-0.39, 0.29) is 0 Å². The van der Waals surface area contributed by atoms with Crippen LogP contribution in [0.25, 0.3) is 0 Å². The van der Waals surface area contributed by atoms with Gasteiger partial charge in [-0.1, -0.05) is 0 Å². The molecule has 2 fully saturated rings. The summed E-state index contributed by atoms with van der Waals surface area (Å²) in [6.07, 6.45) is 8.95. The fraction of sp³-hybridized carbons (Fsp3) is 0.714. The highest BCUT2D eigenvalue weighted by atomic mass is 15.3. The number of likely N-dealkylation sites (tertiary alicyclic amines) is 1. The number of rotatable bonds is 2. The lowest BCUT2D eigenvalue weighted by molar-refractivity contribution is 0.198. The van der Waals surface area contributed by atoms with Gasteiger partial charge in [0, 0.05) is 25.0 Å². The van der Waals surface area contributed by atoms with Gasteiger partial charge >= 0.3 is 0 Å². The Balaban J connectivity index is 1.71. The molecule has 0 aliphatic carbocycles. The maximum Gasteiger partial charge on any atom is 0.225 e. The Labute approximate surface area is 109 Å². The molecular formula is C14H22N4. The quantitative estimate of drug-likeness (QED) is 0.796. The molecule has 2 aliphatic heterocycles. The van der Waals surface area contributed by atoms with Crippen molar-refractivity contribution in [2.24, 2.45) is 5.92 Å². The molecule has 18 heavy (non-hydrogen) atoms. The highest BCUT2D eigenvalue weighted by Gasteiger charge is 2.34. The minimum absolute atomic E-state index is 0.668. The van der Waals surface area contributed by atoms with E-state index in [2.05, 4.69) is 26.8 Å². The van der Waals surface area contributed by atoms with Crippen LogP contribution in [0.1, 0.15) is 25.7 Å². The Morgan fingerprint density at radius 1 is 1.06 bits per heavy atom. The van der Waals surface area contributed by atoms with Gasteiger partial charge in [0.05, 0.1) is 0 Å². The van der Waals surface area contributed by atoms with E-state index in [0.717, 1.165) is 18.4 Å². The van der Waals surface area contributed by atoms with Gasteiger partial charge in [-0.2, -0.15) is 0 Å². The summed E-state index contributed by atoms with van der Waals surface area (Å²) in [5.41, 5.74) is 0. The third-order valence-electron chi connectivity index (χ3n) is 4.42. The fourth-order valence-corrected chi connectivity index (χ4v) is 3.38. The van der Waals surface area contributed by atoms with Crippen molar-refractivity contribution in [2.45, 2.75) is 31.7 Å². The molecule has 4 heteroatoms. The number of piperidine rings is 1. The van der Waals surface area contributed by atoms with Crippen LogP contribution >= 0.6 is 0 Å². The lowest BCUT2D eigenvalue weighted by atomic mass is 9.88. The smallest absolute Gasteiger partial charge is 0.225 e. The molecule has 0 amide bonds. The third kappa shape index (κ3) is 2.34. The summed E-state index contributed by atoms with van der Waals surface area (Å²) < 4.78 is 0. The highest BCUT2D eigenvalue weighted by molar-refractivity contribution is 5.32. The van der Waals surface area contributed by atoms with Crippen molar-refractivity contribution in [1.29, 1.82) is 0 Å². The molecule has 2 saturated heterocycles. The van der Waals surface area contributed by atoms with Crippen molar-refractivity contribution >= 4 is 5.95 Å². The summed E-state index contributed by atoms with van der Waals surface area (Å²) in [5, 5.41) is 0.